The van der Waals surface area contributed by atoms with Crippen LogP contribution in [-0.2, 0) is 0 Å². The van der Waals surface area contributed by atoms with Crippen LogP contribution in [0.4, 0.5) is 0 Å². The van der Waals surface area contributed by atoms with Crippen molar-refractivity contribution in [3.63, 3.8) is 0 Å². The Morgan fingerprint density at radius 3 is 0.392 bits per heavy atom. The first-order valence-corrected chi connectivity index (χ1v) is 24.9. The predicted molar refractivity (Wildman–Crippen MR) is 298 cm³/mol. The SMILES string of the molecule is COc1ccc(C(=O)c2ccc(Oc3ccc(C(=O)c4ccc(C(=O)c5ccc(Oc6ccc(C(=O)c7ccc(Oc8ccc(C(=O)c9ccc(C(=O)c%10ccc(OC)cc%10)cc9)cc8)cc7)cc6)cc5)cc4)cc3)cc2)cc1. The summed E-state index contributed by atoms with van der Waals surface area (Å²) in [6, 6.07) is 67.3. The number of carbonyl (C=O) groups is 6. The molecule has 11 nitrogen and oxygen atoms in total. The van der Waals surface area contributed by atoms with E-state index in [0.29, 0.717) is 113 Å². The van der Waals surface area contributed by atoms with Crippen LogP contribution in [0.25, 0.3) is 0 Å². The van der Waals surface area contributed by atoms with Crippen LogP contribution < -0.4 is 23.7 Å². The number of carbonyl (C=O) groups excluding carboxylic acids is 6. The lowest BCUT2D eigenvalue weighted by molar-refractivity contribution is 0.102. The number of hydrogen-bond donors (Lipinski definition) is 0. The van der Waals surface area contributed by atoms with E-state index < -0.39 is 0 Å². The summed E-state index contributed by atoms with van der Waals surface area (Å²) in [5.74, 6) is 3.26. The van der Waals surface area contributed by atoms with Crippen LogP contribution in [0, 0.1) is 0 Å². The van der Waals surface area contributed by atoms with Crippen LogP contribution in [0.3, 0.4) is 0 Å². The van der Waals surface area contributed by atoms with Gasteiger partial charge in [-0.05, 0) is 194 Å². The van der Waals surface area contributed by atoms with Crippen molar-refractivity contribution in [2.45, 2.75) is 0 Å². The van der Waals surface area contributed by atoms with E-state index in [1.165, 1.54) is 0 Å². The Morgan fingerprint density at radius 1 is 0.177 bits per heavy atom. The molecule has 0 saturated carbocycles. The van der Waals surface area contributed by atoms with Gasteiger partial charge in [0.25, 0.3) is 0 Å². The van der Waals surface area contributed by atoms with Gasteiger partial charge in [-0.2, -0.15) is 0 Å². The van der Waals surface area contributed by atoms with Gasteiger partial charge in [0.2, 0.25) is 0 Å². The zero-order chi connectivity index (χ0) is 54.8. The van der Waals surface area contributed by atoms with Crippen molar-refractivity contribution in [1.29, 1.82) is 0 Å². The fourth-order valence-corrected chi connectivity index (χ4v) is 8.49. The van der Waals surface area contributed by atoms with Crippen LogP contribution in [0.2, 0.25) is 0 Å². The molecule has 0 aliphatic heterocycles. The van der Waals surface area contributed by atoms with E-state index in [-0.39, 0.29) is 34.7 Å². The van der Waals surface area contributed by atoms with Gasteiger partial charge in [-0.15, -0.1) is 0 Å². The molecule has 0 unspecified atom stereocenters. The molecule has 384 valence electrons. The van der Waals surface area contributed by atoms with Crippen molar-refractivity contribution < 1.29 is 52.5 Å². The van der Waals surface area contributed by atoms with Gasteiger partial charge in [0, 0.05) is 66.8 Å². The van der Waals surface area contributed by atoms with Gasteiger partial charge in [0.05, 0.1) is 14.2 Å². The third-order valence-corrected chi connectivity index (χ3v) is 12.9. The standard InChI is InChI=1S/C68H46O11/c1-75-55-27-11-47(12-28-55)63(69)43-3-5-44(6-4-43)64(70)49-15-33-58(34-16-49)78-61-39-23-53(24-40-61)68(74)54-25-41-62(42-26-54)79-59-35-19-51(20-36-59)66(72)46-9-7-45(8-10-46)65(71)50-17-31-57(32-18-50)77-60-37-21-52(22-38-60)67(73)48-13-29-56(76-2)30-14-48/h3-42H,1-2H3. The molecule has 0 radical (unpaired) electrons. The minimum absolute atomic E-state index is 0.120. The van der Waals surface area contributed by atoms with Gasteiger partial charge < -0.3 is 23.7 Å². The van der Waals surface area contributed by atoms with Crippen molar-refractivity contribution in [2.24, 2.45) is 0 Å². The van der Waals surface area contributed by atoms with Gasteiger partial charge in [0.15, 0.2) is 34.7 Å². The molecule has 0 spiro atoms. The maximum Gasteiger partial charge on any atom is 0.193 e. The average Bonchev–Trinajstić information content (AvgIpc) is 3.51. The Hall–Kier alpha value is -10.8. The van der Waals surface area contributed by atoms with Crippen LogP contribution in [-0.4, -0.2) is 48.9 Å². The highest BCUT2D eigenvalue weighted by atomic mass is 16.5. The third-order valence-electron chi connectivity index (χ3n) is 12.9. The molecule has 79 heavy (non-hydrogen) atoms. The number of rotatable bonds is 20. The van der Waals surface area contributed by atoms with Gasteiger partial charge in [0.1, 0.15) is 46.0 Å². The lowest BCUT2D eigenvalue weighted by Crippen LogP contribution is -2.04. The fourth-order valence-electron chi connectivity index (χ4n) is 8.49. The average molecular weight is 1040 g/mol. The first-order valence-electron chi connectivity index (χ1n) is 24.9. The van der Waals surface area contributed by atoms with Crippen LogP contribution in [0.1, 0.15) is 95.5 Å². The fraction of sp³-hybridized carbons (Fsp3) is 0.0294. The summed E-state index contributed by atoms with van der Waals surface area (Å²) < 4.78 is 28.3. The quantitative estimate of drug-likeness (QED) is 0.0672. The molecule has 0 amide bonds. The smallest absolute Gasteiger partial charge is 0.193 e. The first kappa shape index (κ1) is 51.7. The topological polar surface area (TPSA) is 149 Å². The number of hydrogen-bond acceptors (Lipinski definition) is 11. The Balaban J connectivity index is 0.675. The lowest BCUT2D eigenvalue weighted by Gasteiger charge is -2.09. The monoisotopic (exact) mass is 1040 g/mol. The Morgan fingerprint density at radius 2 is 0.278 bits per heavy atom. The molecule has 10 rings (SSSR count). The zero-order valence-corrected chi connectivity index (χ0v) is 42.6. The third kappa shape index (κ3) is 12.2. The molecule has 0 saturated heterocycles. The predicted octanol–water partition coefficient (Wildman–Crippen LogP) is 14.5. The Bertz CT molecular complexity index is 3830. The summed E-state index contributed by atoms with van der Waals surface area (Å²) >= 11 is 0. The zero-order valence-electron chi connectivity index (χ0n) is 42.6. The van der Waals surface area contributed by atoms with Crippen LogP contribution in [0.15, 0.2) is 243 Å². The van der Waals surface area contributed by atoms with E-state index in [9.17, 15) is 28.8 Å². The molecule has 0 fully saturated rings. The summed E-state index contributed by atoms with van der Waals surface area (Å²) in [5, 5.41) is 0. The second-order valence-electron chi connectivity index (χ2n) is 18.0. The van der Waals surface area contributed by atoms with Crippen molar-refractivity contribution >= 4 is 34.7 Å². The van der Waals surface area contributed by atoms with E-state index in [1.807, 2.05) is 0 Å². The molecule has 0 aliphatic carbocycles. The summed E-state index contributed by atoms with van der Waals surface area (Å²) in [6.07, 6.45) is 0. The second kappa shape index (κ2) is 23.4. The summed E-state index contributed by atoms with van der Waals surface area (Å²) in [6.45, 7) is 0. The van der Waals surface area contributed by atoms with E-state index >= 15 is 0 Å². The van der Waals surface area contributed by atoms with Crippen LogP contribution >= 0.6 is 0 Å². The van der Waals surface area contributed by atoms with E-state index in [4.69, 9.17) is 23.7 Å². The normalized spacial score (nSPS) is 10.7. The van der Waals surface area contributed by atoms with Crippen LogP contribution in [0.5, 0.6) is 46.0 Å². The Kier molecular flexibility index (Phi) is 15.3. The van der Waals surface area contributed by atoms with E-state index in [0.717, 1.165) is 0 Å². The van der Waals surface area contributed by atoms with Gasteiger partial charge in [-0.3, -0.25) is 28.8 Å². The largest absolute Gasteiger partial charge is 0.497 e. The minimum Gasteiger partial charge on any atom is -0.497 e. The molecule has 0 heterocycles. The molecular formula is C68H46O11. The molecule has 0 N–H and O–H groups in total. The summed E-state index contributed by atoms with van der Waals surface area (Å²) in [5.41, 5.74) is 5.57. The van der Waals surface area contributed by atoms with E-state index in [1.54, 1.807) is 257 Å². The number of ketones is 6. The summed E-state index contributed by atoms with van der Waals surface area (Å²) in [4.78, 5) is 79.3. The highest BCUT2D eigenvalue weighted by Gasteiger charge is 2.17. The van der Waals surface area contributed by atoms with Crippen molar-refractivity contribution in [1.82, 2.24) is 0 Å². The highest BCUT2D eigenvalue weighted by molar-refractivity contribution is 6.13. The number of ether oxygens (including phenoxy) is 5. The maximum absolute atomic E-state index is 13.4. The van der Waals surface area contributed by atoms with Gasteiger partial charge in [-0.1, -0.05) is 48.5 Å². The minimum atomic E-state index is -0.225. The van der Waals surface area contributed by atoms with Gasteiger partial charge in [-0.25, -0.2) is 0 Å². The van der Waals surface area contributed by atoms with E-state index in [2.05, 4.69) is 0 Å². The second-order valence-corrected chi connectivity index (χ2v) is 18.0. The summed E-state index contributed by atoms with van der Waals surface area (Å²) in [7, 11) is 3.13. The molecule has 0 aliphatic rings. The molecular weight excluding hydrogens is 993 g/mol. The molecule has 0 bridgehead atoms. The molecule has 10 aromatic carbocycles. The molecule has 10 aromatic rings. The maximum atomic E-state index is 13.4. The number of benzene rings is 10. The highest BCUT2D eigenvalue weighted by Crippen LogP contribution is 2.29. The first-order chi connectivity index (χ1) is 38.5. The Labute approximate surface area is 454 Å². The molecule has 0 aromatic heterocycles. The number of methoxy groups -OCH3 is 2. The van der Waals surface area contributed by atoms with Crippen molar-refractivity contribution in [3.05, 3.63) is 309 Å². The lowest BCUT2D eigenvalue weighted by atomic mass is 9.98. The van der Waals surface area contributed by atoms with Crippen molar-refractivity contribution in [2.75, 3.05) is 14.2 Å². The molecule has 11 heteroatoms. The van der Waals surface area contributed by atoms with Gasteiger partial charge >= 0.3 is 0 Å². The molecule has 0 atom stereocenters. The van der Waals surface area contributed by atoms with Crippen molar-refractivity contribution in [3.8, 4) is 46.0 Å².